The zero-order chi connectivity index (χ0) is 14.0. The summed E-state index contributed by atoms with van der Waals surface area (Å²) < 4.78 is 0. The molecule has 1 aliphatic carbocycles. The highest BCUT2D eigenvalue weighted by Gasteiger charge is 2.24. The molecule has 1 saturated carbocycles. The van der Waals surface area contributed by atoms with Gasteiger partial charge < -0.3 is 16.4 Å². The molecule has 2 rings (SSSR count). The number of nitrogens with one attached hydrogen (secondary N) is 2. The summed E-state index contributed by atoms with van der Waals surface area (Å²) in [7, 11) is 0. The number of amides is 2. The van der Waals surface area contributed by atoms with Crippen LogP contribution in [0.1, 0.15) is 30.1 Å². The van der Waals surface area contributed by atoms with E-state index < -0.39 is 6.04 Å². The minimum absolute atomic E-state index is 0.218. The molecule has 0 bridgehead atoms. The van der Waals surface area contributed by atoms with Gasteiger partial charge in [0.15, 0.2) is 0 Å². The summed E-state index contributed by atoms with van der Waals surface area (Å²) in [5, 5.41) is 5.84. The maximum Gasteiger partial charge on any atom is 0.253 e. The first kappa shape index (κ1) is 13.8. The average molecular weight is 282 g/mol. The standard InChI is InChI=1S/C13H16ClN3O2/c1-7(15)12(18)17-9-4-5-11(14)10(6-9)13(19)16-8-2-3-8/h4-8H,2-3,15H2,1H3,(H,16,19)(H,17,18)/t7-/m0/s1. The number of benzene rings is 1. The van der Waals surface area contributed by atoms with Crippen LogP contribution in [-0.4, -0.2) is 23.9 Å². The fourth-order valence-corrected chi connectivity index (χ4v) is 1.73. The Morgan fingerprint density at radius 1 is 1.42 bits per heavy atom. The Balaban J connectivity index is 2.13. The molecule has 0 aromatic heterocycles. The highest BCUT2D eigenvalue weighted by Crippen LogP contribution is 2.23. The van der Waals surface area contributed by atoms with Gasteiger partial charge in [0.1, 0.15) is 0 Å². The molecule has 19 heavy (non-hydrogen) atoms. The van der Waals surface area contributed by atoms with E-state index in [-0.39, 0.29) is 17.9 Å². The third-order valence-corrected chi connectivity index (χ3v) is 3.13. The monoisotopic (exact) mass is 281 g/mol. The first-order valence-electron chi connectivity index (χ1n) is 6.14. The van der Waals surface area contributed by atoms with Gasteiger partial charge in [0.2, 0.25) is 5.91 Å². The molecule has 0 radical (unpaired) electrons. The summed E-state index contributed by atoms with van der Waals surface area (Å²) in [6.45, 7) is 1.59. The number of carbonyl (C=O) groups excluding carboxylic acids is 2. The molecule has 5 nitrogen and oxygen atoms in total. The van der Waals surface area contributed by atoms with Crippen LogP contribution < -0.4 is 16.4 Å². The van der Waals surface area contributed by atoms with Gasteiger partial charge in [0.05, 0.1) is 16.6 Å². The van der Waals surface area contributed by atoms with E-state index in [2.05, 4.69) is 10.6 Å². The molecule has 0 aliphatic heterocycles. The highest BCUT2D eigenvalue weighted by molar-refractivity contribution is 6.34. The Bertz CT molecular complexity index is 513. The summed E-state index contributed by atoms with van der Waals surface area (Å²) in [6.07, 6.45) is 2.01. The lowest BCUT2D eigenvalue weighted by atomic mass is 10.1. The Morgan fingerprint density at radius 2 is 2.11 bits per heavy atom. The summed E-state index contributed by atoms with van der Waals surface area (Å²) >= 11 is 6.00. The van der Waals surface area contributed by atoms with Crippen LogP contribution in [0, 0.1) is 0 Å². The summed E-state index contributed by atoms with van der Waals surface area (Å²) in [6, 6.07) is 4.42. The van der Waals surface area contributed by atoms with E-state index in [9.17, 15) is 9.59 Å². The van der Waals surface area contributed by atoms with Gasteiger partial charge in [0, 0.05) is 11.7 Å². The number of anilines is 1. The zero-order valence-corrected chi connectivity index (χ0v) is 11.3. The van der Waals surface area contributed by atoms with Gasteiger partial charge in [-0.05, 0) is 38.0 Å². The van der Waals surface area contributed by atoms with E-state index >= 15 is 0 Å². The molecule has 0 unspecified atom stereocenters. The third-order valence-electron chi connectivity index (χ3n) is 2.80. The predicted molar refractivity (Wildman–Crippen MR) is 74.2 cm³/mol. The van der Waals surface area contributed by atoms with Gasteiger partial charge >= 0.3 is 0 Å². The van der Waals surface area contributed by atoms with E-state index in [0.29, 0.717) is 16.3 Å². The third kappa shape index (κ3) is 3.68. The summed E-state index contributed by atoms with van der Waals surface area (Å²) in [5.74, 6) is -0.528. The smallest absolute Gasteiger partial charge is 0.253 e. The SMILES string of the molecule is C[C@H](N)C(=O)Nc1ccc(Cl)c(C(=O)NC2CC2)c1. The number of halogens is 1. The van der Waals surface area contributed by atoms with Gasteiger partial charge in [-0.3, -0.25) is 9.59 Å². The van der Waals surface area contributed by atoms with E-state index in [0.717, 1.165) is 12.8 Å². The van der Waals surface area contributed by atoms with Crippen molar-refractivity contribution in [2.24, 2.45) is 5.73 Å². The number of rotatable bonds is 4. The molecule has 0 heterocycles. The lowest BCUT2D eigenvalue weighted by molar-refractivity contribution is -0.117. The normalized spacial score (nSPS) is 15.7. The Morgan fingerprint density at radius 3 is 2.68 bits per heavy atom. The lowest BCUT2D eigenvalue weighted by Gasteiger charge is -2.10. The van der Waals surface area contributed by atoms with E-state index in [1.165, 1.54) is 0 Å². The maximum atomic E-state index is 12.0. The van der Waals surface area contributed by atoms with Crippen molar-refractivity contribution in [2.45, 2.75) is 31.8 Å². The van der Waals surface area contributed by atoms with Gasteiger partial charge in [0.25, 0.3) is 5.91 Å². The number of carbonyl (C=O) groups is 2. The molecule has 4 N–H and O–H groups in total. The molecule has 102 valence electrons. The largest absolute Gasteiger partial charge is 0.349 e. The molecule has 1 atom stereocenters. The van der Waals surface area contributed by atoms with E-state index in [4.69, 9.17) is 17.3 Å². The minimum atomic E-state index is -0.612. The first-order valence-corrected chi connectivity index (χ1v) is 6.52. The van der Waals surface area contributed by atoms with Crippen molar-refractivity contribution < 1.29 is 9.59 Å². The Hall–Kier alpha value is -1.59. The molecule has 2 amide bonds. The van der Waals surface area contributed by atoms with Crippen LogP contribution in [0.3, 0.4) is 0 Å². The second-order valence-electron chi connectivity index (χ2n) is 4.72. The van der Waals surface area contributed by atoms with Gasteiger partial charge in [-0.1, -0.05) is 11.6 Å². The quantitative estimate of drug-likeness (QED) is 0.782. The second-order valence-corrected chi connectivity index (χ2v) is 5.13. The van der Waals surface area contributed by atoms with E-state index in [1.807, 2.05) is 0 Å². The molecular formula is C13H16ClN3O2. The molecule has 0 saturated heterocycles. The van der Waals surface area contributed by atoms with Crippen LogP contribution in [0.15, 0.2) is 18.2 Å². The fourth-order valence-electron chi connectivity index (χ4n) is 1.52. The second kappa shape index (κ2) is 5.59. The average Bonchev–Trinajstić information content (AvgIpc) is 3.15. The van der Waals surface area contributed by atoms with Gasteiger partial charge in [-0.25, -0.2) is 0 Å². The number of nitrogens with two attached hydrogens (primary N) is 1. The predicted octanol–water partition coefficient (Wildman–Crippen LogP) is 1.52. The zero-order valence-electron chi connectivity index (χ0n) is 10.6. The molecule has 0 spiro atoms. The molecule has 1 aromatic rings. The van der Waals surface area contributed by atoms with Gasteiger partial charge in [-0.2, -0.15) is 0 Å². The van der Waals surface area contributed by atoms with Crippen molar-refractivity contribution >= 4 is 29.1 Å². The highest BCUT2D eigenvalue weighted by atomic mass is 35.5. The van der Waals surface area contributed by atoms with Crippen molar-refractivity contribution in [1.82, 2.24) is 5.32 Å². The maximum absolute atomic E-state index is 12.0. The Kier molecular flexibility index (Phi) is 4.07. The van der Waals surface area contributed by atoms with Crippen LogP contribution in [0.25, 0.3) is 0 Å². The molecule has 1 aromatic carbocycles. The van der Waals surface area contributed by atoms with Crippen LogP contribution in [0.2, 0.25) is 5.02 Å². The summed E-state index contributed by atoms with van der Waals surface area (Å²) in [4.78, 5) is 23.5. The van der Waals surface area contributed by atoms with Crippen molar-refractivity contribution in [3.63, 3.8) is 0 Å². The lowest BCUT2D eigenvalue weighted by Crippen LogP contribution is -2.32. The molecular weight excluding hydrogens is 266 g/mol. The number of hydrogen-bond acceptors (Lipinski definition) is 3. The first-order chi connectivity index (χ1) is 8.97. The topological polar surface area (TPSA) is 84.2 Å². The van der Waals surface area contributed by atoms with Crippen LogP contribution >= 0.6 is 11.6 Å². The van der Waals surface area contributed by atoms with Crippen molar-refractivity contribution in [3.05, 3.63) is 28.8 Å². The fraction of sp³-hybridized carbons (Fsp3) is 0.385. The minimum Gasteiger partial charge on any atom is -0.349 e. The Labute approximate surface area is 116 Å². The van der Waals surface area contributed by atoms with E-state index in [1.54, 1.807) is 25.1 Å². The number of hydrogen-bond donors (Lipinski definition) is 3. The molecule has 6 heteroatoms. The van der Waals surface area contributed by atoms with Crippen molar-refractivity contribution in [2.75, 3.05) is 5.32 Å². The molecule has 1 aliphatic rings. The van der Waals surface area contributed by atoms with Gasteiger partial charge in [-0.15, -0.1) is 0 Å². The van der Waals surface area contributed by atoms with Crippen LogP contribution in [0.5, 0.6) is 0 Å². The van der Waals surface area contributed by atoms with Crippen molar-refractivity contribution in [1.29, 1.82) is 0 Å². The molecule has 1 fully saturated rings. The van der Waals surface area contributed by atoms with Crippen LogP contribution in [-0.2, 0) is 4.79 Å². The summed E-state index contributed by atoms with van der Waals surface area (Å²) in [5.41, 5.74) is 6.33. The van der Waals surface area contributed by atoms with Crippen molar-refractivity contribution in [3.8, 4) is 0 Å². The van der Waals surface area contributed by atoms with Crippen LogP contribution in [0.4, 0.5) is 5.69 Å².